The third-order valence-corrected chi connectivity index (χ3v) is 3.89. The number of hydrogen-bond acceptors (Lipinski definition) is 4. The third kappa shape index (κ3) is 5.13. The number of furan rings is 1. The van der Waals surface area contributed by atoms with Crippen molar-refractivity contribution >= 4 is 0 Å². The zero-order valence-corrected chi connectivity index (χ0v) is 13.9. The maximum Gasteiger partial charge on any atom is 0.130 e. The molecular formula is C17H29NO3. The third-order valence-electron chi connectivity index (χ3n) is 3.89. The Labute approximate surface area is 128 Å². The standard InChI is InChI=1S/C17H29NO3/c1-11(2)18-9-15-8-17(21-14(15)5)10-19-16-6-12(3)20-13(4)7-16/h8,11-13,16,18H,6-7,9-10H2,1-5H3. The number of rotatable bonds is 6. The van der Waals surface area contributed by atoms with E-state index in [9.17, 15) is 0 Å². The summed E-state index contributed by atoms with van der Waals surface area (Å²) in [5.74, 6) is 1.90. The van der Waals surface area contributed by atoms with Crippen molar-refractivity contribution < 1.29 is 13.9 Å². The van der Waals surface area contributed by atoms with E-state index in [2.05, 4.69) is 39.1 Å². The van der Waals surface area contributed by atoms with Crippen molar-refractivity contribution in [3.05, 3.63) is 23.2 Å². The van der Waals surface area contributed by atoms with Crippen molar-refractivity contribution in [1.82, 2.24) is 5.32 Å². The zero-order chi connectivity index (χ0) is 15.4. The first-order valence-electron chi connectivity index (χ1n) is 8.02. The van der Waals surface area contributed by atoms with Gasteiger partial charge in [-0.2, -0.15) is 0 Å². The first-order valence-corrected chi connectivity index (χ1v) is 8.02. The molecule has 0 aliphatic carbocycles. The predicted octanol–water partition coefficient (Wildman–Crippen LogP) is 3.56. The van der Waals surface area contributed by atoms with Crippen LogP contribution in [0.5, 0.6) is 0 Å². The first kappa shape index (κ1) is 16.5. The Morgan fingerprint density at radius 1 is 1.29 bits per heavy atom. The second kappa shape index (κ2) is 7.43. The fourth-order valence-corrected chi connectivity index (χ4v) is 2.83. The maximum absolute atomic E-state index is 6.01. The highest BCUT2D eigenvalue weighted by Gasteiger charge is 2.25. The van der Waals surface area contributed by atoms with Gasteiger partial charge in [0.1, 0.15) is 18.1 Å². The van der Waals surface area contributed by atoms with Crippen LogP contribution < -0.4 is 5.32 Å². The van der Waals surface area contributed by atoms with E-state index in [1.54, 1.807) is 0 Å². The molecule has 2 rings (SSSR count). The molecular weight excluding hydrogens is 266 g/mol. The van der Waals surface area contributed by atoms with E-state index in [4.69, 9.17) is 13.9 Å². The van der Waals surface area contributed by atoms with Crippen LogP contribution in [0.4, 0.5) is 0 Å². The number of nitrogens with one attached hydrogen (secondary N) is 1. The highest BCUT2D eigenvalue weighted by Crippen LogP contribution is 2.23. The fraction of sp³-hybridized carbons (Fsp3) is 0.765. The molecule has 1 saturated heterocycles. The van der Waals surface area contributed by atoms with Gasteiger partial charge in [0.25, 0.3) is 0 Å². The van der Waals surface area contributed by atoms with Crippen LogP contribution in [0.1, 0.15) is 57.6 Å². The van der Waals surface area contributed by atoms with Crippen LogP contribution in [0, 0.1) is 6.92 Å². The second-order valence-electron chi connectivity index (χ2n) is 6.49. The fourth-order valence-electron chi connectivity index (χ4n) is 2.83. The molecule has 1 aliphatic rings. The summed E-state index contributed by atoms with van der Waals surface area (Å²) < 4.78 is 17.5. The SMILES string of the molecule is Cc1oc(COC2CC(C)OC(C)C2)cc1CNC(C)C. The highest BCUT2D eigenvalue weighted by molar-refractivity contribution is 5.20. The van der Waals surface area contributed by atoms with E-state index >= 15 is 0 Å². The lowest BCUT2D eigenvalue weighted by Gasteiger charge is -2.31. The molecule has 2 heterocycles. The van der Waals surface area contributed by atoms with Gasteiger partial charge in [-0.25, -0.2) is 0 Å². The molecule has 1 aromatic rings. The minimum atomic E-state index is 0.270. The Morgan fingerprint density at radius 3 is 2.57 bits per heavy atom. The van der Waals surface area contributed by atoms with E-state index < -0.39 is 0 Å². The molecule has 2 unspecified atom stereocenters. The average molecular weight is 295 g/mol. The van der Waals surface area contributed by atoms with Crippen LogP contribution in [0.2, 0.25) is 0 Å². The van der Waals surface area contributed by atoms with E-state index in [1.807, 2.05) is 6.92 Å². The molecule has 21 heavy (non-hydrogen) atoms. The summed E-state index contributed by atoms with van der Waals surface area (Å²) in [4.78, 5) is 0. The minimum Gasteiger partial charge on any atom is -0.464 e. The summed E-state index contributed by atoms with van der Waals surface area (Å²) in [5, 5.41) is 3.42. The molecule has 4 heteroatoms. The maximum atomic E-state index is 6.01. The monoisotopic (exact) mass is 295 g/mol. The van der Waals surface area contributed by atoms with Crippen LogP contribution in [0.25, 0.3) is 0 Å². The van der Waals surface area contributed by atoms with Crippen LogP contribution >= 0.6 is 0 Å². The highest BCUT2D eigenvalue weighted by atomic mass is 16.5. The Morgan fingerprint density at radius 2 is 1.95 bits per heavy atom. The van der Waals surface area contributed by atoms with Crippen molar-refractivity contribution in [3.63, 3.8) is 0 Å². The van der Waals surface area contributed by atoms with Gasteiger partial charge in [0.05, 0.1) is 18.3 Å². The number of ether oxygens (including phenoxy) is 2. The van der Waals surface area contributed by atoms with Gasteiger partial charge in [-0.3, -0.25) is 0 Å². The molecule has 0 aromatic carbocycles. The number of aryl methyl sites for hydroxylation is 1. The largest absolute Gasteiger partial charge is 0.464 e. The summed E-state index contributed by atoms with van der Waals surface area (Å²) in [6.45, 7) is 11.9. The summed E-state index contributed by atoms with van der Waals surface area (Å²) in [6.07, 6.45) is 2.76. The van der Waals surface area contributed by atoms with Gasteiger partial charge in [0.2, 0.25) is 0 Å². The second-order valence-corrected chi connectivity index (χ2v) is 6.49. The minimum absolute atomic E-state index is 0.270. The molecule has 0 amide bonds. The van der Waals surface area contributed by atoms with Gasteiger partial charge in [-0.1, -0.05) is 13.8 Å². The van der Waals surface area contributed by atoms with Gasteiger partial charge in [-0.15, -0.1) is 0 Å². The molecule has 2 atom stereocenters. The van der Waals surface area contributed by atoms with Crippen molar-refractivity contribution in [2.24, 2.45) is 0 Å². The molecule has 1 aromatic heterocycles. The van der Waals surface area contributed by atoms with E-state index in [0.717, 1.165) is 30.9 Å². The lowest BCUT2D eigenvalue weighted by molar-refractivity contribution is -0.108. The molecule has 0 spiro atoms. The van der Waals surface area contributed by atoms with E-state index in [0.29, 0.717) is 12.6 Å². The molecule has 0 saturated carbocycles. The van der Waals surface area contributed by atoms with Gasteiger partial charge >= 0.3 is 0 Å². The van der Waals surface area contributed by atoms with Crippen LogP contribution in [-0.2, 0) is 22.6 Å². The van der Waals surface area contributed by atoms with Gasteiger partial charge in [-0.05, 0) is 39.7 Å². The van der Waals surface area contributed by atoms with Gasteiger partial charge in [0, 0.05) is 18.2 Å². The predicted molar refractivity (Wildman–Crippen MR) is 83.2 cm³/mol. The zero-order valence-electron chi connectivity index (χ0n) is 13.9. The van der Waals surface area contributed by atoms with Crippen LogP contribution in [0.3, 0.4) is 0 Å². The summed E-state index contributed by atoms with van der Waals surface area (Å²) >= 11 is 0. The van der Waals surface area contributed by atoms with Crippen molar-refractivity contribution in [2.45, 2.75) is 85.0 Å². The lowest BCUT2D eigenvalue weighted by atomic mass is 10.0. The van der Waals surface area contributed by atoms with Crippen LogP contribution in [0.15, 0.2) is 10.5 Å². The molecule has 1 fully saturated rings. The molecule has 0 radical (unpaired) electrons. The van der Waals surface area contributed by atoms with E-state index in [1.165, 1.54) is 5.56 Å². The molecule has 0 bridgehead atoms. The van der Waals surface area contributed by atoms with Crippen LogP contribution in [-0.4, -0.2) is 24.4 Å². The van der Waals surface area contributed by atoms with Crippen molar-refractivity contribution in [1.29, 1.82) is 0 Å². The Hall–Kier alpha value is -0.840. The summed E-state index contributed by atoms with van der Waals surface area (Å²) in [5.41, 5.74) is 1.22. The van der Waals surface area contributed by atoms with Gasteiger partial charge in [0.15, 0.2) is 0 Å². The first-order chi connectivity index (χ1) is 9.94. The van der Waals surface area contributed by atoms with Gasteiger partial charge < -0.3 is 19.2 Å². The molecule has 4 nitrogen and oxygen atoms in total. The topological polar surface area (TPSA) is 43.6 Å². The van der Waals surface area contributed by atoms with Crippen molar-refractivity contribution in [2.75, 3.05) is 0 Å². The molecule has 1 aliphatic heterocycles. The lowest BCUT2D eigenvalue weighted by Crippen LogP contribution is -2.33. The smallest absolute Gasteiger partial charge is 0.130 e. The molecule has 1 N–H and O–H groups in total. The Balaban J connectivity index is 1.84. The Kier molecular flexibility index (Phi) is 5.85. The van der Waals surface area contributed by atoms with E-state index in [-0.39, 0.29) is 18.3 Å². The summed E-state index contributed by atoms with van der Waals surface area (Å²) in [7, 11) is 0. The Bertz CT molecular complexity index is 431. The van der Waals surface area contributed by atoms with Crippen molar-refractivity contribution in [3.8, 4) is 0 Å². The normalized spacial score (nSPS) is 26.5. The quantitative estimate of drug-likeness (QED) is 0.871. The summed E-state index contributed by atoms with van der Waals surface area (Å²) in [6, 6.07) is 2.58. The number of hydrogen-bond donors (Lipinski definition) is 1. The molecule has 120 valence electrons. The average Bonchev–Trinajstić information content (AvgIpc) is 2.73.